The Kier molecular flexibility index (Phi) is 4.22. The highest BCUT2D eigenvalue weighted by Gasteiger charge is 2.11. The minimum Gasteiger partial charge on any atom is -0.353 e. The molecule has 1 aromatic heterocycles. The van der Waals surface area contributed by atoms with Gasteiger partial charge in [0.1, 0.15) is 6.07 Å². The van der Waals surface area contributed by atoms with Crippen LogP contribution >= 0.6 is 39.0 Å². The van der Waals surface area contributed by atoms with Crippen molar-refractivity contribution in [1.29, 1.82) is 5.26 Å². The molecule has 18 heavy (non-hydrogen) atoms. The molecule has 0 N–H and O–H groups in total. The van der Waals surface area contributed by atoms with Gasteiger partial charge in [-0.2, -0.15) is 5.26 Å². The van der Waals surface area contributed by atoms with Gasteiger partial charge in [-0.05, 0) is 28.1 Å². The van der Waals surface area contributed by atoms with E-state index < -0.39 is 0 Å². The van der Waals surface area contributed by atoms with E-state index in [0.717, 1.165) is 18.8 Å². The molecule has 0 spiro atoms. The molecular weight excluding hydrogens is 332 g/mol. The fourth-order valence-corrected chi connectivity index (χ4v) is 3.64. The molecule has 0 aliphatic heterocycles. The average Bonchev–Trinajstić information content (AvgIpc) is 2.78. The third-order valence-electron chi connectivity index (χ3n) is 2.06. The Bertz CT molecular complexity index is 603. The van der Waals surface area contributed by atoms with Crippen molar-refractivity contribution in [2.75, 3.05) is 19.0 Å². The fourth-order valence-electron chi connectivity index (χ4n) is 1.22. The summed E-state index contributed by atoms with van der Waals surface area (Å²) < 4.78 is 1.63. The molecular formula is C11H9BrN4S2. The minimum atomic E-state index is 0.629. The number of halogens is 1. The molecule has 1 aromatic carbocycles. The van der Waals surface area contributed by atoms with Gasteiger partial charge in [0.2, 0.25) is 5.13 Å². The monoisotopic (exact) mass is 340 g/mol. The molecule has 2 rings (SSSR count). The van der Waals surface area contributed by atoms with E-state index in [2.05, 4.69) is 32.2 Å². The van der Waals surface area contributed by atoms with E-state index >= 15 is 0 Å². The minimum absolute atomic E-state index is 0.629. The van der Waals surface area contributed by atoms with Crippen LogP contribution in [0.25, 0.3) is 0 Å². The highest BCUT2D eigenvalue weighted by molar-refractivity contribution is 9.10. The van der Waals surface area contributed by atoms with Gasteiger partial charge in [0.05, 0.1) is 5.56 Å². The summed E-state index contributed by atoms with van der Waals surface area (Å²) in [6.07, 6.45) is 0. The van der Waals surface area contributed by atoms with Crippen LogP contribution in [0.15, 0.2) is 31.9 Å². The maximum atomic E-state index is 9.14. The molecule has 4 nitrogen and oxygen atoms in total. The second kappa shape index (κ2) is 5.69. The number of nitrogens with zero attached hydrogens (tertiary/aromatic N) is 4. The largest absolute Gasteiger partial charge is 0.353 e. The average molecular weight is 341 g/mol. The molecule has 0 radical (unpaired) electrons. The summed E-state index contributed by atoms with van der Waals surface area (Å²) in [5.74, 6) is 0. The lowest BCUT2D eigenvalue weighted by molar-refractivity contribution is 0.972. The van der Waals surface area contributed by atoms with Crippen LogP contribution in [0.5, 0.6) is 0 Å². The van der Waals surface area contributed by atoms with E-state index in [0.29, 0.717) is 5.56 Å². The molecule has 0 aliphatic rings. The lowest BCUT2D eigenvalue weighted by Crippen LogP contribution is -2.07. The van der Waals surface area contributed by atoms with Crippen LogP contribution in [-0.4, -0.2) is 24.3 Å². The number of hydrogen-bond donors (Lipinski definition) is 0. The van der Waals surface area contributed by atoms with Gasteiger partial charge in [-0.15, -0.1) is 10.2 Å². The number of hydrogen-bond acceptors (Lipinski definition) is 6. The molecule has 0 amide bonds. The quantitative estimate of drug-likeness (QED) is 0.857. The Morgan fingerprint density at radius 1 is 1.39 bits per heavy atom. The molecule has 92 valence electrons. The van der Waals surface area contributed by atoms with E-state index in [1.54, 1.807) is 0 Å². The summed E-state index contributed by atoms with van der Waals surface area (Å²) in [6, 6.07) is 7.86. The zero-order chi connectivity index (χ0) is 13.1. The lowest BCUT2D eigenvalue weighted by atomic mass is 10.2. The molecule has 0 unspecified atom stereocenters. The van der Waals surface area contributed by atoms with Gasteiger partial charge in [0.25, 0.3) is 0 Å². The highest BCUT2D eigenvalue weighted by Crippen LogP contribution is 2.36. The first-order chi connectivity index (χ1) is 8.61. The lowest BCUT2D eigenvalue weighted by Gasteiger charge is -2.04. The molecule has 0 saturated carbocycles. The number of rotatable bonds is 3. The molecule has 0 fully saturated rings. The Hall–Kier alpha value is -1.10. The maximum absolute atomic E-state index is 9.14. The van der Waals surface area contributed by atoms with Gasteiger partial charge in [0.15, 0.2) is 4.34 Å². The van der Waals surface area contributed by atoms with Crippen LogP contribution in [0.4, 0.5) is 5.13 Å². The van der Waals surface area contributed by atoms with Gasteiger partial charge >= 0.3 is 0 Å². The number of aromatic nitrogens is 2. The van der Waals surface area contributed by atoms with E-state index in [4.69, 9.17) is 5.26 Å². The molecule has 0 aliphatic carbocycles. The Balaban J connectivity index is 2.29. The molecule has 2 aromatic rings. The van der Waals surface area contributed by atoms with Crippen LogP contribution in [0.2, 0.25) is 0 Å². The smallest absolute Gasteiger partial charge is 0.208 e. The topological polar surface area (TPSA) is 52.8 Å². The highest BCUT2D eigenvalue weighted by atomic mass is 79.9. The number of benzene rings is 1. The first-order valence-corrected chi connectivity index (χ1v) is 7.41. The van der Waals surface area contributed by atoms with Gasteiger partial charge in [-0.25, -0.2) is 0 Å². The number of nitriles is 1. The Morgan fingerprint density at radius 2 is 2.17 bits per heavy atom. The maximum Gasteiger partial charge on any atom is 0.208 e. The molecule has 1 heterocycles. The van der Waals surface area contributed by atoms with Crippen molar-refractivity contribution in [2.24, 2.45) is 0 Å². The normalized spacial score (nSPS) is 10.1. The second-order valence-corrected chi connectivity index (χ2v) is 6.67. The summed E-state index contributed by atoms with van der Waals surface area (Å²) in [7, 11) is 3.85. The van der Waals surface area contributed by atoms with Crippen molar-refractivity contribution >= 4 is 44.2 Å². The van der Waals surface area contributed by atoms with Crippen LogP contribution in [0.1, 0.15) is 5.56 Å². The molecule has 7 heteroatoms. The summed E-state index contributed by atoms with van der Waals surface area (Å²) in [5, 5.41) is 18.2. The van der Waals surface area contributed by atoms with Gasteiger partial charge in [0, 0.05) is 23.5 Å². The van der Waals surface area contributed by atoms with Gasteiger partial charge < -0.3 is 4.90 Å². The van der Waals surface area contributed by atoms with Crippen molar-refractivity contribution in [1.82, 2.24) is 10.2 Å². The summed E-state index contributed by atoms with van der Waals surface area (Å²) in [5.41, 5.74) is 0.629. The van der Waals surface area contributed by atoms with Gasteiger partial charge in [-0.1, -0.05) is 29.2 Å². The van der Waals surface area contributed by atoms with E-state index in [9.17, 15) is 0 Å². The van der Waals surface area contributed by atoms with Crippen molar-refractivity contribution in [3.63, 3.8) is 0 Å². The first-order valence-electron chi connectivity index (χ1n) is 4.99. The van der Waals surface area contributed by atoms with Crippen molar-refractivity contribution in [3.05, 3.63) is 28.2 Å². The SMILES string of the molecule is CN(C)c1nnc(Sc2cccc(Br)c2C#N)s1. The van der Waals surface area contributed by atoms with Gasteiger partial charge in [-0.3, -0.25) is 0 Å². The van der Waals surface area contributed by atoms with Crippen molar-refractivity contribution in [2.45, 2.75) is 9.24 Å². The standard InChI is InChI=1S/C11H9BrN4S2/c1-16(2)10-14-15-11(18-10)17-9-5-3-4-8(12)7(9)6-13/h3-5H,1-2H3. The van der Waals surface area contributed by atoms with Crippen LogP contribution in [-0.2, 0) is 0 Å². The Morgan fingerprint density at radius 3 is 2.78 bits per heavy atom. The zero-order valence-corrected chi connectivity index (χ0v) is 12.9. The van der Waals surface area contributed by atoms with E-state index in [-0.39, 0.29) is 0 Å². The van der Waals surface area contributed by atoms with Crippen LogP contribution in [0, 0.1) is 11.3 Å². The van der Waals surface area contributed by atoms with Crippen molar-refractivity contribution in [3.8, 4) is 6.07 Å². The summed E-state index contributed by atoms with van der Waals surface area (Å²) >= 11 is 6.33. The fraction of sp³-hybridized carbons (Fsp3) is 0.182. The van der Waals surface area contributed by atoms with Crippen LogP contribution in [0.3, 0.4) is 0 Å². The third kappa shape index (κ3) is 2.83. The second-order valence-electron chi connectivity index (χ2n) is 3.57. The molecule has 0 saturated heterocycles. The third-order valence-corrected chi connectivity index (χ3v) is 4.93. The zero-order valence-electron chi connectivity index (χ0n) is 9.72. The Labute approximate surface area is 122 Å². The van der Waals surface area contributed by atoms with Crippen LogP contribution < -0.4 is 4.90 Å². The predicted octanol–water partition coefficient (Wildman–Crippen LogP) is 3.39. The molecule has 0 atom stereocenters. The van der Waals surface area contributed by atoms with E-state index in [1.807, 2.05) is 37.2 Å². The molecule has 0 bridgehead atoms. The van der Waals surface area contributed by atoms with E-state index in [1.165, 1.54) is 23.1 Å². The summed E-state index contributed by atoms with van der Waals surface area (Å²) in [6.45, 7) is 0. The predicted molar refractivity (Wildman–Crippen MR) is 77.2 cm³/mol. The number of anilines is 1. The first kappa shape index (κ1) is 13.3. The van der Waals surface area contributed by atoms with Crippen molar-refractivity contribution < 1.29 is 0 Å². The summed E-state index contributed by atoms with van der Waals surface area (Å²) in [4.78, 5) is 2.79.